The van der Waals surface area contributed by atoms with Gasteiger partial charge in [-0.25, -0.2) is 13.4 Å². The van der Waals surface area contributed by atoms with Crippen LogP contribution in [0.3, 0.4) is 0 Å². The fraction of sp³-hybridized carbons (Fsp3) is 0.350. The van der Waals surface area contributed by atoms with E-state index < -0.39 is 9.84 Å². The molecule has 5 nitrogen and oxygen atoms in total. The maximum absolute atomic E-state index is 12.3. The molecule has 0 aliphatic rings. The van der Waals surface area contributed by atoms with Gasteiger partial charge in [-0.1, -0.05) is 42.5 Å². The van der Waals surface area contributed by atoms with Crippen molar-refractivity contribution >= 4 is 15.8 Å². The Bertz CT molecular complexity index is 818. The third-order valence-electron chi connectivity index (χ3n) is 4.00. The van der Waals surface area contributed by atoms with Crippen molar-refractivity contribution in [3.63, 3.8) is 0 Å². The summed E-state index contributed by atoms with van der Waals surface area (Å²) in [6.45, 7) is 5.96. The molecule has 0 aliphatic heterocycles. The highest BCUT2D eigenvalue weighted by Gasteiger charge is 2.13. The van der Waals surface area contributed by atoms with Crippen LogP contribution in [-0.4, -0.2) is 33.2 Å². The van der Waals surface area contributed by atoms with E-state index in [1.54, 1.807) is 24.3 Å². The number of nitrogens with zero attached hydrogens (tertiary/aromatic N) is 1. The first-order valence-corrected chi connectivity index (χ1v) is 10.5. The lowest BCUT2D eigenvalue weighted by Gasteiger charge is -2.12. The van der Waals surface area contributed by atoms with Crippen molar-refractivity contribution in [3.8, 4) is 0 Å². The summed E-state index contributed by atoms with van der Waals surface area (Å²) in [4.78, 5) is 4.96. The first-order chi connectivity index (χ1) is 12.5. The number of benzene rings is 2. The minimum atomic E-state index is -3.23. The molecular weight excluding hydrogens is 346 g/mol. The van der Waals surface area contributed by atoms with E-state index in [2.05, 4.69) is 34.7 Å². The Morgan fingerprint density at radius 3 is 2.38 bits per heavy atom. The summed E-state index contributed by atoms with van der Waals surface area (Å²) in [6, 6.07) is 16.7. The number of aliphatic imine (C=N–C) groups is 1. The molecule has 0 saturated carbocycles. The molecule has 0 atom stereocenters. The van der Waals surface area contributed by atoms with Crippen LogP contribution in [0, 0.1) is 6.92 Å². The van der Waals surface area contributed by atoms with Crippen molar-refractivity contribution in [2.75, 3.05) is 18.8 Å². The Morgan fingerprint density at radius 2 is 1.69 bits per heavy atom. The number of rotatable bonds is 8. The van der Waals surface area contributed by atoms with Gasteiger partial charge in [0.05, 0.1) is 17.2 Å². The summed E-state index contributed by atoms with van der Waals surface area (Å²) < 4.78 is 24.6. The lowest BCUT2D eigenvalue weighted by Crippen LogP contribution is -2.38. The highest BCUT2D eigenvalue weighted by Crippen LogP contribution is 2.11. The normalized spacial score (nSPS) is 12.0. The topological polar surface area (TPSA) is 70.6 Å². The Labute approximate surface area is 156 Å². The molecule has 0 saturated heterocycles. The summed E-state index contributed by atoms with van der Waals surface area (Å²) in [5, 5.41) is 6.40. The van der Waals surface area contributed by atoms with E-state index in [0.29, 0.717) is 30.4 Å². The molecule has 140 valence electrons. The number of hydrogen-bond donors (Lipinski definition) is 2. The molecule has 2 aromatic rings. The van der Waals surface area contributed by atoms with E-state index in [0.717, 1.165) is 6.54 Å². The van der Waals surface area contributed by atoms with Crippen molar-refractivity contribution in [2.45, 2.75) is 31.7 Å². The molecule has 0 heterocycles. The van der Waals surface area contributed by atoms with Gasteiger partial charge in [0, 0.05) is 13.1 Å². The van der Waals surface area contributed by atoms with Crippen LogP contribution in [-0.2, 0) is 16.4 Å². The minimum absolute atomic E-state index is 0.112. The van der Waals surface area contributed by atoms with Gasteiger partial charge in [-0.05, 0) is 43.5 Å². The number of sulfone groups is 1. The molecule has 0 amide bonds. The van der Waals surface area contributed by atoms with Crippen LogP contribution < -0.4 is 10.6 Å². The first-order valence-electron chi connectivity index (χ1n) is 8.87. The van der Waals surface area contributed by atoms with Gasteiger partial charge in [-0.2, -0.15) is 0 Å². The van der Waals surface area contributed by atoms with Crippen molar-refractivity contribution < 1.29 is 8.42 Å². The van der Waals surface area contributed by atoms with Gasteiger partial charge in [-0.15, -0.1) is 0 Å². The van der Waals surface area contributed by atoms with Gasteiger partial charge in [0.2, 0.25) is 0 Å². The van der Waals surface area contributed by atoms with Gasteiger partial charge in [0.25, 0.3) is 0 Å². The van der Waals surface area contributed by atoms with Crippen molar-refractivity contribution in [1.29, 1.82) is 0 Å². The second kappa shape index (κ2) is 9.97. The molecule has 2 N–H and O–H groups in total. The van der Waals surface area contributed by atoms with Gasteiger partial charge in [0.15, 0.2) is 15.8 Å². The smallest absolute Gasteiger partial charge is 0.191 e. The van der Waals surface area contributed by atoms with Crippen LogP contribution in [0.15, 0.2) is 64.5 Å². The van der Waals surface area contributed by atoms with Crippen LogP contribution >= 0.6 is 0 Å². The van der Waals surface area contributed by atoms with Crippen molar-refractivity contribution in [3.05, 3.63) is 65.7 Å². The molecule has 0 aromatic heterocycles. The summed E-state index contributed by atoms with van der Waals surface area (Å²) in [5.41, 5.74) is 2.39. The zero-order chi connectivity index (χ0) is 18.8. The average Bonchev–Trinajstić information content (AvgIpc) is 2.65. The Balaban J connectivity index is 1.87. The zero-order valence-electron chi connectivity index (χ0n) is 15.4. The second-order valence-electron chi connectivity index (χ2n) is 6.03. The third kappa shape index (κ3) is 6.19. The van der Waals surface area contributed by atoms with Crippen molar-refractivity contribution in [2.24, 2.45) is 4.99 Å². The maximum atomic E-state index is 12.3. The molecular formula is C20H27N3O2S. The highest BCUT2D eigenvalue weighted by molar-refractivity contribution is 7.91. The van der Waals surface area contributed by atoms with E-state index in [1.807, 2.05) is 25.1 Å². The van der Waals surface area contributed by atoms with Gasteiger partial charge >= 0.3 is 0 Å². The van der Waals surface area contributed by atoms with Crippen molar-refractivity contribution in [1.82, 2.24) is 10.6 Å². The van der Waals surface area contributed by atoms with Crippen LogP contribution in [0.1, 0.15) is 24.5 Å². The van der Waals surface area contributed by atoms with E-state index in [4.69, 9.17) is 0 Å². The van der Waals surface area contributed by atoms with E-state index >= 15 is 0 Å². The Hall–Kier alpha value is -2.34. The summed E-state index contributed by atoms with van der Waals surface area (Å²) >= 11 is 0. The fourth-order valence-corrected chi connectivity index (χ4v) is 3.84. The second-order valence-corrected chi connectivity index (χ2v) is 8.14. The number of aryl methyl sites for hydroxylation is 1. The van der Waals surface area contributed by atoms with E-state index in [-0.39, 0.29) is 5.75 Å². The standard InChI is InChI=1S/C20H27N3O2S/c1-3-21-20(23-16-18-11-8-7-10-17(18)2)22-14-9-15-26(24,25)19-12-5-4-6-13-19/h4-8,10-13H,3,9,14-16H2,1-2H3,(H2,21,22,23). The third-order valence-corrected chi connectivity index (χ3v) is 5.81. The number of guanidine groups is 1. The minimum Gasteiger partial charge on any atom is -0.357 e. The zero-order valence-corrected chi connectivity index (χ0v) is 16.2. The van der Waals surface area contributed by atoms with Crippen LogP contribution in [0.25, 0.3) is 0 Å². The molecule has 0 bridgehead atoms. The Morgan fingerprint density at radius 1 is 1.00 bits per heavy atom. The molecule has 0 aliphatic carbocycles. The summed E-state index contributed by atoms with van der Waals surface area (Å²) in [6.07, 6.45) is 0.520. The van der Waals surface area contributed by atoms with Gasteiger partial charge < -0.3 is 10.6 Å². The maximum Gasteiger partial charge on any atom is 0.191 e. The molecule has 0 spiro atoms. The predicted octanol–water partition coefficient (Wildman–Crippen LogP) is 2.91. The molecule has 2 rings (SSSR count). The molecule has 26 heavy (non-hydrogen) atoms. The fourth-order valence-electron chi connectivity index (χ4n) is 2.51. The highest BCUT2D eigenvalue weighted by atomic mass is 32.2. The number of hydrogen-bond acceptors (Lipinski definition) is 3. The molecule has 2 aromatic carbocycles. The largest absolute Gasteiger partial charge is 0.357 e. The lowest BCUT2D eigenvalue weighted by molar-refractivity contribution is 0.592. The van der Waals surface area contributed by atoms with Gasteiger partial charge in [-0.3, -0.25) is 0 Å². The molecule has 0 fully saturated rings. The van der Waals surface area contributed by atoms with Crippen LogP contribution in [0.5, 0.6) is 0 Å². The quantitative estimate of drug-likeness (QED) is 0.424. The van der Waals surface area contributed by atoms with E-state index in [9.17, 15) is 8.42 Å². The molecule has 6 heteroatoms. The average molecular weight is 374 g/mol. The van der Waals surface area contributed by atoms with Crippen LogP contribution in [0.4, 0.5) is 0 Å². The summed E-state index contributed by atoms with van der Waals surface area (Å²) in [7, 11) is -3.23. The number of nitrogens with one attached hydrogen (secondary N) is 2. The predicted molar refractivity (Wildman–Crippen MR) is 107 cm³/mol. The van der Waals surface area contributed by atoms with E-state index in [1.165, 1.54) is 11.1 Å². The Kier molecular flexibility index (Phi) is 7.66. The first kappa shape index (κ1) is 20.0. The monoisotopic (exact) mass is 373 g/mol. The SMILES string of the molecule is CCNC(=NCc1ccccc1C)NCCCS(=O)(=O)c1ccccc1. The molecule has 0 unspecified atom stereocenters. The van der Waals surface area contributed by atoms with Gasteiger partial charge in [0.1, 0.15) is 0 Å². The summed E-state index contributed by atoms with van der Waals surface area (Å²) in [5.74, 6) is 0.814. The van der Waals surface area contributed by atoms with Crippen LogP contribution in [0.2, 0.25) is 0 Å². The molecule has 0 radical (unpaired) electrons. The lowest BCUT2D eigenvalue weighted by atomic mass is 10.1.